The van der Waals surface area contributed by atoms with Crippen LogP contribution in [0.25, 0.3) is 22.3 Å². The molecular formula is C26H27Cl2N7O3. The minimum absolute atomic E-state index is 0.305. The fraction of sp³-hybridized carbons (Fsp3) is 0.308. The summed E-state index contributed by atoms with van der Waals surface area (Å²) in [6.45, 7) is 6.01. The largest absolute Gasteiger partial charge is 0.495 e. The summed E-state index contributed by atoms with van der Waals surface area (Å²) in [6, 6.07) is 9.50. The van der Waals surface area contributed by atoms with Crippen LogP contribution in [0.1, 0.15) is 24.2 Å². The van der Waals surface area contributed by atoms with Crippen LogP contribution in [-0.4, -0.2) is 65.5 Å². The van der Waals surface area contributed by atoms with Gasteiger partial charge in [0, 0.05) is 43.0 Å². The molecular weight excluding hydrogens is 529 g/mol. The SMILES string of the molecule is COc1cc(OC)c(Cl)c(-c2ccc3c(NC(=O)c4ccc(N5C[C@@H](C)N[C@@H](C)C5)nc4)n[nH]c3n2)c1Cl. The van der Waals surface area contributed by atoms with Gasteiger partial charge in [-0.25, -0.2) is 9.97 Å². The number of rotatable bonds is 6. The zero-order valence-electron chi connectivity index (χ0n) is 21.3. The highest BCUT2D eigenvalue weighted by Crippen LogP contribution is 2.45. The Hall–Kier alpha value is -3.60. The number of pyridine rings is 2. The molecule has 12 heteroatoms. The lowest BCUT2D eigenvalue weighted by atomic mass is 10.1. The average Bonchev–Trinajstić information content (AvgIpc) is 3.30. The van der Waals surface area contributed by atoms with E-state index in [0.29, 0.717) is 67.3 Å². The van der Waals surface area contributed by atoms with Gasteiger partial charge in [-0.15, -0.1) is 0 Å². The third-order valence-corrected chi connectivity index (χ3v) is 7.13. The molecule has 3 N–H and O–H groups in total. The molecule has 1 aliphatic heterocycles. The Balaban J connectivity index is 1.37. The first kappa shape index (κ1) is 26.0. The number of methoxy groups -OCH3 is 2. The van der Waals surface area contributed by atoms with Gasteiger partial charge in [0.25, 0.3) is 5.91 Å². The number of benzene rings is 1. The van der Waals surface area contributed by atoms with Gasteiger partial charge in [0.1, 0.15) is 17.3 Å². The summed E-state index contributed by atoms with van der Waals surface area (Å²) in [5, 5.41) is 14.7. The van der Waals surface area contributed by atoms with Crippen molar-refractivity contribution in [2.24, 2.45) is 0 Å². The van der Waals surface area contributed by atoms with Crippen LogP contribution in [0.3, 0.4) is 0 Å². The number of halogens is 2. The predicted octanol–water partition coefficient (Wildman–Crippen LogP) is 4.78. The van der Waals surface area contributed by atoms with E-state index in [1.54, 1.807) is 30.5 Å². The molecule has 0 spiro atoms. The Morgan fingerprint density at radius 3 is 2.34 bits per heavy atom. The van der Waals surface area contributed by atoms with E-state index in [1.165, 1.54) is 14.2 Å². The van der Waals surface area contributed by atoms with Crippen LogP contribution in [0.15, 0.2) is 36.5 Å². The predicted molar refractivity (Wildman–Crippen MR) is 149 cm³/mol. The zero-order chi connectivity index (χ0) is 27.0. The number of carbonyl (C=O) groups is 1. The van der Waals surface area contributed by atoms with E-state index in [9.17, 15) is 4.79 Å². The monoisotopic (exact) mass is 555 g/mol. The number of anilines is 2. The first-order valence-corrected chi connectivity index (χ1v) is 12.8. The third-order valence-electron chi connectivity index (χ3n) is 6.38. The van der Waals surface area contributed by atoms with Gasteiger partial charge < -0.3 is 25.0 Å². The van der Waals surface area contributed by atoms with Gasteiger partial charge in [0.2, 0.25) is 0 Å². The number of aromatic amines is 1. The molecule has 1 fully saturated rings. The second-order valence-electron chi connectivity index (χ2n) is 9.18. The van der Waals surface area contributed by atoms with E-state index in [0.717, 1.165) is 18.9 Å². The second-order valence-corrected chi connectivity index (χ2v) is 9.94. The molecule has 38 heavy (non-hydrogen) atoms. The Morgan fingerprint density at radius 1 is 1.05 bits per heavy atom. The Morgan fingerprint density at radius 2 is 1.74 bits per heavy atom. The molecule has 1 aliphatic rings. The van der Waals surface area contributed by atoms with Crippen molar-refractivity contribution in [2.75, 3.05) is 37.5 Å². The molecule has 5 rings (SSSR count). The smallest absolute Gasteiger partial charge is 0.258 e. The minimum atomic E-state index is -0.327. The number of hydrogen-bond donors (Lipinski definition) is 3. The number of fused-ring (bicyclic) bond motifs is 1. The summed E-state index contributed by atoms with van der Waals surface area (Å²) in [4.78, 5) is 24.3. The average molecular weight is 556 g/mol. The number of ether oxygens (including phenoxy) is 2. The Labute approximate surface area is 229 Å². The van der Waals surface area contributed by atoms with E-state index in [4.69, 9.17) is 32.7 Å². The molecule has 1 saturated heterocycles. The summed E-state index contributed by atoms with van der Waals surface area (Å²) < 4.78 is 10.7. The molecule has 0 saturated carbocycles. The molecule has 1 aromatic carbocycles. The van der Waals surface area contributed by atoms with E-state index in [2.05, 4.69) is 49.5 Å². The van der Waals surface area contributed by atoms with Gasteiger partial charge >= 0.3 is 0 Å². The van der Waals surface area contributed by atoms with Gasteiger partial charge in [0.15, 0.2) is 11.5 Å². The van der Waals surface area contributed by atoms with Crippen LogP contribution in [0.2, 0.25) is 10.0 Å². The van der Waals surface area contributed by atoms with Crippen LogP contribution in [0, 0.1) is 0 Å². The lowest BCUT2D eigenvalue weighted by molar-refractivity contribution is 0.102. The van der Waals surface area contributed by atoms with Crippen molar-refractivity contribution in [2.45, 2.75) is 25.9 Å². The lowest BCUT2D eigenvalue weighted by Gasteiger charge is -2.36. The molecule has 2 atom stereocenters. The van der Waals surface area contributed by atoms with Crippen LogP contribution in [0.5, 0.6) is 11.5 Å². The zero-order valence-corrected chi connectivity index (χ0v) is 22.8. The summed E-state index contributed by atoms with van der Waals surface area (Å²) in [7, 11) is 3.02. The van der Waals surface area contributed by atoms with Crippen molar-refractivity contribution < 1.29 is 14.3 Å². The quantitative estimate of drug-likeness (QED) is 0.311. The maximum Gasteiger partial charge on any atom is 0.258 e. The minimum Gasteiger partial charge on any atom is -0.495 e. The first-order valence-electron chi connectivity index (χ1n) is 12.0. The van der Waals surface area contributed by atoms with Gasteiger partial charge in [0.05, 0.1) is 40.9 Å². The molecule has 0 radical (unpaired) electrons. The van der Waals surface area contributed by atoms with Crippen LogP contribution in [0.4, 0.5) is 11.6 Å². The van der Waals surface area contributed by atoms with E-state index >= 15 is 0 Å². The van der Waals surface area contributed by atoms with E-state index in [1.807, 2.05) is 6.07 Å². The molecule has 0 bridgehead atoms. The van der Waals surface area contributed by atoms with Gasteiger partial charge in [-0.05, 0) is 38.1 Å². The standard InChI is InChI=1S/C26H27Cl2N7O3/c1-13-11-35(12-14(2)30-13)20-8-5-15(10-29-20)26(36)32-25-16-6-7-17(31-24(16)33-34-25)21-22(27)18(37-3)9-19(38-4)23(21)28/h5-10,13-14,30H,11-12H2,1-4H3,(H2,31,32,33,34,36)/t13-,14+. The summed E-state index contributed by atoms with van der Waals surface area (Å²) in [5.74, 6) is 1.67. The van der Waals surface area contributed by atoms with E-state index in [-0.39, 0.29) is 5.91 Å². The van der Waals surface area contributed by atoms with Crippen LogP contribution in [-0.2, 0) is 0 Å². The molecule has 4 heterocycles. The number of piperazine rings is 1. The number of nitrogens with zero attached hydrogens (tertiary/aromatic N) is 4. The summed E-state index contributed by atoms with van der Waals surface area (Å²) >= 11 is 13.1. The first-order chi connectivity index (χ1) is 18.3. The number of nitrogens with one attached hydrogen (secondary N) is 3. The van der Waals surface area contributed by atoms with Crippen molar-refractivity contribution in [1.29, 1.82) is 0 Å². The number of H-pyrrole nitrogens is 1. The Kier molecular flexibility index (Phi) is 7.29. The normalized spacial score (nSPS) is 17.5. The maximum atomic E-state index is 13.0. The highest BCUT2D eigenvalue weighted by atomic mass is 35.5. The third kappa shape index (κ3) is 4.94. The fourth-order valence-corrected chi connectivity index (χ4v) is 5.34. The van der Waals surface area contributed by atoms with Crippen molar-refractivity contribution in [3.8, 4) is 22.8 Å². The molecule has 0 unspecified atom stereocenters. The second kappa shape index (κ2) is 10.6. The molecule has 10 nitrogen and oxygen atoms in total. The van der Waals surface area contributed by atoms with Crippen LogP contribution < -0.4 is 25.0 Å². The fourth-order valence-electron chi connectivity index (χ4n) is 4.65. The summed E-state index contributed by atoms with van der Waals surface area (Å²) in [6.07, 6.45) is 1.58. The summed E-state index contributed by atoms with van der Waals surface area (Å²) in [5.41, 5.74) is 1.82. The lowest BCUT2D eigenvalue weighted by Crippen LogP contribution is -2.54. The maximum absolute atomic E-state index is 13.0. The van der Waals surface area contributed by atoms with Crippen LogP contribution >= 0.6 is 23.2 Å². The molecule has 1 amide bonds. The highest BCUT2D eigenvalue weighted by molar-refractivity contribution is 6.41. The van der Waals surface area contributed by atoms with E-state index < -0.39 is 0 Å². The molecule has 198 valence electrons. The van der Waals surface area contributed by atoms with Gasteiger partial charge in [-0.1, -0.05) is 23.2 Å². The number of amides is 1. The van der Waals surface area contributed by atoms with Gasteiger partial charge in [-0.2, -0.15) is 5.10 Å². The van der Waals surface area contributed by atoms with Crippen molar-refractivity contribution in [3.63, 3.8) is 0 Å². The van der Waals surface area contributed by atoms with Crippen molar-refractivity contribution in [1.82, 2.24) is 25.5 Å². The number of aromatic nitrogens is 4. The number of hydrogen-bond acceptors (Lipinski definition) is 8. The topological polar surface area (TPSA) is 117 Å². The number of carbonyl (C=O) groups excluding carboxylic acids is 1. The highest BCUT2D eigenvalue weighted by Gasteiger charge is 2.23. The molecule has 4 aromatic rings. The molecule has 0 aliphatic carbocycles. The Bertz CT molecular complexity index is 1450. The molecule has 3 aromatic heterocycles. The van der Waals surface area contributed by atoms with Crippen molar-refractivity contribution >= 4 is 51.8 Å². The van der Waals surface area contributed by atoms with Gasteiger partial charge in [-0.3, -0.25) is 9.89 Å². The van der Waals surface area contributed by atoms with Crippen molar-refractivity contribution in [3.05, 3.63) is 52.1 Å².